The Balaban J connectivity index is 1.66. The summed E-state index contributed by atoms with van der Waals surface area (Å²) >= 11 is 0. The first kappa shape index (κ1) is 16.8. The monoisotopic (exact) mass is 380 g/mol. The van der Waals surface area contributed by atoms with Crippen molar-refractivity contribution in [3.63, 3.8) is 0 Å². The predicted octanol–water partition coefficient (Wildman–Crippen LogP) is 2.15. The van der Waals surface area contributed by atoms with E-state index < -0.39 is 5.97 Å². The summed E-state index contributed by atoms with van der Waals surface area (Å²) < 4.78 is 3.35. The lowest BCUT2D eigenvalue weighted by Crippen LogP contribution is -2.42. The second-order valence-electron chi connectivity index (χ2n) is 7.16. The van der Waals surface area contributed by atoms with Crippen molar-refractivity contribution in [2.45, 2.75) is 51.1 Å². The molecule has 0 saturated heterocycles. The van der Waals surface area contributed by atoms with Gasteiger partial charge in [-0.05, 0) is 25.3 Å². The van der Waals surface area contributed by atoms with Crippen LogP contribution in [0.15, 0.2) is 24.8 Å². The number of hydrogen-bond donors (Lipinski definition) is 1. The van der Waals surface area contributed by atoms with Gasteiger partial charge in [-0.25, -0.2) is 14.5 Å². The van der Waals surface area contributed by atoms with Crippen molar-refractivity contribution in [2.75, 3.05) is 4.90 Å². The first-order valence-electron chi connectivity index (χ1n) is 9.52. The largest absolute Gasteiger partial charge is 0.476 e. The van der Waals surface area contributed by atoms with Crippen molar-refractivity contribution in [1.82, 2.24) is 34.5 Å². The maximum absolute atomic E-state index is 11.2. The number of rotatable bonds is 4. The van der Waals surface area contributed by atoms with Crippen LogP contribution in [0.5, 0.6) is 0 Å². The SMILES string of the molecule is CC[C@@H]1c2nncn2-c2cnc(-n3ccc(C(=O)O)n3)nc2N1C1CCCC1. The summed E-state index contributed by atoms with van der Waals surface area (Å²) in [5.41, 5.74) is 0.799. The van der Waals surface area contributed by atoms with Crippen molar-refractivity contribution >= 4 is 11.8 Å². The van der Waals surface area contributed by atoms with Crippen molar-refractivity contribution in [3.8, 4) is 11.6 Å². The van der Waals surface area contributed by atoms with Crippen LogP contribution in [-0.4, -0.2) is 51.6 Å². The van der Waals surface area contributed by atoms with Gasteiger partial charge in [-0.15, -0.1) is 10.2 Å². The topological polar surface area (TPSA) is 115 Å². The highest BCUT2D eigenvalue weighted by Crippen LogP contribution is 2.42. The second-order valence-corrected chi connectivity index (χ2v) is 7.16. The Hall–Kier alpha value is -3.30. The first-order chi connectivity index (χ1) is 13.7. The molecule has 1 atom stereocenters. The summed E-state index contributed by atoms with van der Waals surface area (Å²) in [7, 11) is 0. The van der Waals surface area contributed by atoms with E-state index in [1.807, 2.05) is 4.57 Å². The van der Waals surface area contributed by atoms with E-state index in [1.54, 1.807) is 18.7 Å². The van der Waals surface area contributed by atoms with Crippen LogP contribution in [0.1, 0.15) is 61.4 Å². The van der Waals surface area contributed by atoms with Gasteiger partial charge in [0.25, 0.3) is 5.95 Å². The Morgan fingerprint density at radius 2 is 2.14 bits per heavy atom. The number of carboxylic acid groups (broad SMARTS) is 1. The number of carboxylic acids is 1. The van der Waals surface area contributed by atoms with E-state index in [0.717, 1.165) is 36.6 Å². The quantitative estimate of drug-likeness (QED) is 0.732. The molecule has 0 bridgehead atoms. The average Bonchev–Trinajstić information content (AvgIpc) is 3.47. The van der Waals surface area contributed by atoms with Crippen LogP contribution in [0.4, 0.5) is 5.82 Å². The van der Waals surface area contributed by atoms with Gasteiger partial charge in [0.05, 0.1) is 12.2 Å². The lowest BCUT2D eigenvalue weighted by atomic mass is 10.0. The molecule has 0 radical (unpaired) electrons. The fourth-order valence-electron chi connectivity index (χ4n) is 4.30. The number of anilines is 1. The summed E-state index contributed by atoms with van der Waals surface area (Å²) in [5, 5.41) is 21.7. The molecule has 28 heavy (non-hydrogen) atoms. The molecule has 1 aliphatic carbocycles. The minimum atomic E-state index is -1.08. The maximum atomic E-state index is 11.2. The third-order valence-electron chi connectivity index (χ3n) is 5.57. The average molecular weight is 380 g/mol. The first-order valence-corrected chi connectivity index (χ1v) is 9.52. The fraction of sp³-hybridized carbons (Fsp3) is 0.444. The highest BCUT2D eigenvalue weighted by atomic mass is 16.4. The number of aromatic carboxylic acids is 1. The highest BCUT2D eigenvalue weighted by Gasteiger charge is 2.38. The molecule has 1 aliphatic heterocycles. The standard InChI is InChI=1S/C18H20N8O2/c1-2-13-16-22-20-10-24(16)14-9-19-18(25-8-7-12(23-25)17(27)28)21-15(14)26(13)11-5-3-4-6-11/h7-11,13H,2-6H2,1H3,(H,27,28)/t13-/m1/s1. The van der Waals surface area contributed by atoms with E-state index in [-0.39, 0.29) is 11.7 Å². The Bertz CT molecular complexity index is 1040. The zero-order valence-electron chi connectivity index (χ0n) is 15.4. The third kappa shape index (κ3) is 2.48. The molecule has 0 spiro atoms. The summed E-state index contributed by atoms with van der Waals surface area (Å²) in [6, 6.07) is 1.92. The second kappa shape index (κ2) is 6.39. The van der Waals surface area contributed by atoms with E-state index >= 15 is 0 Å². The van der Waals surface area contributed by atoms with Gasteiger partial charge in [0, 0.05) is 12.2 Å². The minimum absolute atomic E-state index is 0.0403. The van der Waals surface area contributed by atoms with Crippen LogP contribution in [0.2, 0.25) is 0 Å². The van der Waals surface area contributed by atoms with Crippen LogP contribution >= 0.6 is 0 Å². The molecular formula is C18H20N8O2. The molecule has 3 aromatic heterocycles. The summed E-state index contributed by atoms with van der Waals surface area (Å²) in [5.74, 6) is 0.999. The molecule has 10 nitrogen and oxygen atoms in total. The number of hydrogen-bond acceptors (Lipinski definition) is 7. The van der Waals surface area contributed by atoms with E-state index in [1.165, 1.54) is 23.6 Å². The molecule has 1 N–H and O–H groups in total. The van der Waals surface area contributed by atoms with Crippen LogP contribution < -0.4 is 4.90 Å². The maximum Gasteiger partial charge on any atom is 0.356 e. The molecule has 4 heterocycles. The molecule has 1 fully saturated rings. The Kier molecular flexibility index (Phi) is 3.85. The smallest absolute Gasteiger partial charge is 0.356 e. The van der Waals surface area contributed by atoms with Gasteiger partial charge in [0.1, 0.15) is 12.0 Å². The van der Waals surface area contributed by atoms with E-state index in [0.29, 0.717) is 12.0 Å². The zero-order chi connectivity index (χ0) is 19.3. The van der Waals surface area contributed by atoms with Gasteiger partial charge < -0.3 is 10.0 Å². The van der Waals surface area contributed by atoms with Crippen molar-refractivity contribution in [3.05, 3.63) is 36.3 Å². The zero-order valence-corrected chi connectivity index (χ0v) is 15.4. The Morgan fingerprint density at radius 1 is 1.32 bits per heavy atom. The van der Waals surface area contributed by atoms with E-state index in [4.69, 9.17) is 10.1 Å². The van der Waals surface area contributed by atoms with Gasteiger partial charge in [-0.1, -0.05) is 19.8 Å². The van der Waals surface area contributed by atoms with Crippen molar-refractivity contribution in [2.24, 2.45) is 0 Å². The normalized spacial score (nSPS) is 18.9. The molecule has 3 aromatic rings. The van der Waals surface area contributed by atoms with Crippen molar-refractivity contribution in [1.29, 1.82) is 0 Å². The number of nitrogens with zero attached hydrogens (tertiary/aromatic N) is 8. The lowest BCUT2D eigenvalue weighted by molar-refractivity contribution is 0.0690. The van der Waals surface area contributed by atoms with Gasteiger partial charge in [-0.2, -0.15) is 10.1 Å². The minimum Gasteiger partial charge on any atom is -0.476 e. The van der Waals surface area contributed by atoms with E-state index in [2.05, 4.69) is 32.1 Å². The fourth-order valence-corrected chi connectivity index (χ4v) is 4.30. The van der Waals surface area contributed by atoms with Gasteiger partial charge >= 0.3 is 5.97 Å². The Labute approximate surface area is 160 Å². The number of fused-ring (bicyclic) bond motifs is 3. The molecule has 0 aromatic carbocycles. The summed E-state index contributed by atoms with van der Waals surface area (Å²) in [6.07, 6.45) is 10.5. The molecular weight excluding hydrogens is 360 g/mol. The third-order valence-corrected chi connectivity index (χ3v) is 5.57. The van der Waals surface area contributed by atoms with Gasteiger partial charge in [0.2, 0.25) is 0 Å². The highest BCUT2D eigenvalue weighted by molar-refractivity contribution is 5.85. The Morgan fingerprint density at radius 3 is 2.86 bits per heavy atom. The van der Waals surface area contributed by atoms with Crippen LogP contribution in [0.25, 0.3) is 11.6 Å². The van der Waals surface area contributed by atoms with Gasteiger partial charge in [0.15, 0.2) is 17.3 Å². The molecule has 0 amide bonds. The van der Waals surface area contributed by atoms with E-state index in [9.17, 15) is 4.79 Å². The van der Waals surface area contributed by atoms with Crippen LogP contribution in [0, 0.1) is 0 Å². The molecule has 0 unspecified atom stereocenters. The number of aromatic nitrogens is 7. The molecule has 1 saturated carbocycles. The molecule has 144 valence electrons. The van der Waals surface area contributed by atoms with Crippen LogP contribution in [-0.2, 0) is 0 Å². The van der Waals surface area contributed by atoms with Gasteiger partial charge in [-0.3, -0.25) is 4.57 Å². The number of carbonyl (C=O) groups is 1. The van der Waals surface area contributed by atoms with Crippen molar-refractivity contribution < 1.29 is 9.90 Å². The summed E-state index contributed by atoms with van der Waals surface area (Å²) in [6.45, 7) is 2.14. The molecule has 10 heteroatoms. The lowest BCUT2D eigenvalue weighted by Gasteiger charge is -2.40. The van der Waals surface area contributed by atoms with Crippen LogP contribution in [0.3, 0.4) is 0 Å². The summed E-state index contributed by atoms with van der Waals surface area (Å²) in [4.78, 5) is 22.7. The molecule has 2 aliphatic rings. The predicted molar refractivity (Wildman–Crippen MR) is 98.8 cm³/mol. The molecule has 5 rings (SSSR count).